The van der Waals surface area contributed by atoms with Gasteiger partial charge in [0.05, 0.1) is 10.0 Å². The number of hydrogen-bond acceptors (Lipinski definition) is 0. The molecule has 1 aromatic heterocycles. The number of aromatic nitrogens is 1. The van der Waals surface area contributed by atoms with Crippen LogP contribution in [0.25, 0.3) is 10.9 Å². The predicted molar refractivity (Wildman–Crippen MR) is 53.0 cm³/mol. The SMILES string of the molecule is Cc1[nH]c2ccc(F)c(Cl)c2c1Cl. The average molecular weight is 218 g/mol. The third-order valence-corrected chi connectivity index (χ3v) is 2.81. The van der Waals surface area contributed by atoms with Crippen molar-refractivity contribution in [2.45, 2.75) is 6.92 Å². The van der Waals surface area contributed by atoms with Crippen molar-refractivity contribution in [2.24, 2.45) is 0 Å². The highest BCUT2D eigenvalue weighted by molar-refractivity contribution is 6.42. The van der Waals surface area contributed by atoms with E-state index in [1.165, 1.54) is 6.07 Å². The molecule has 13 heavy (non-hydrogen) atoms. The van der Waals surface area contributed by atoms with Gasteiger partial charge >= 0.3 is 0 Å². The Bertz CT molecular complexity index is 476. The van der Waals surface area contributed by atoms with Crippen LogP contribution in [-0.4, -0.2) is 4.98 Å². The maximum absolute atomic E-state index is 13.0. The van der Waals surface area contributed by atoms with Crippen LogP contribution in [0, 0.1) is 12.7 Å². The number of aryl methyl sites for hydroxylation is 1. The van der Waals surface area contributed by atoms with E-state index in [2.05, 4.69) is 4.98 Å². The van der Waals surface area contributed by atoms with Crippen LogP contribution in [0.2, 0.25) is 10.0 Å². The van der Waals surface area contributed by atoms with E-state index in [1.807, 2.05) is 6.92 Å². The molecule has 0 atom stereocenters. The second-order valence-corrected chi connectivity index (χ2v) is 3.60. The Labute approximate surface area is 84.5 Å². The zero-order valence-electron chi connectivity index (χ0n) is 6.79. The summed E-state index contributed by atoms with van der Waals surface area (Å²) in [5.74, 6) is -0.449. The lowest BCUT2D eigenvalue weighted by Crippen LogP contribution is -1.76. The number of nitrogens with one attached hydrogen (secondary N) is 1. The monoisotopic (exact) mass is 217 g/mol. The number of hydrogen-bond donors (Lipinski definition) is 1. The van der Waals surface area contributed by atoms with Gasteiger partial charge in [-0.25, -0.2) is 4.39 Å². The van der Waals surface area contributed by atoms with E-state index in [1.54, 1.807) is 6.07 Å². The van der Waals surface area contributed by atoms with Gasteiger partial charge in [-0.2, -0.15) is 0 Å². The lowest BCUT2D eigenvalue weighted by atomic mass is 10.2. The number of H-pyrrole nitrogens is 1. The van der Waals surface area contributed by atoms with Crippen molar-refractivity contribution in [1.82, 2.24) is 4.98 Å². The molecule has 1 N–H and O–H groups in total. The Hall–Kier alpha value is -0.730. The molecule has 0 amide bonds. The lowest BCUT2D eigenvalue weighted by molar-refractivity contribution is 0.630. The van der Waals surface area contributed by atoms with Gasteiger partial charge in [-0.3, -0.25) is 0 Å². The molecule has 1 heterocycles. The smallest absolute Gasteiger partial charge is 0.142 e. The Balaban J connectivity index is 2.97. The molecule has 0 aliphatic heterocycles. The zero-order valence-corrected chi connectivity index (χ0v) is 8.30. The molecule has 0 saturated carbocycles. The molecule has 0 fully saturated rings. The van der Waals surface area contributed by atoms with Crippen molar-refractivity contribution in [3.8, 4) is 0 Å². The van der Waals surface area contributed by atoms with Crippen molar-refractivity contribution in [3.63, 3.8) is 0 Å². The predicted octanol–water partition coefficient (Wildman–Crippen LogP) is 3.92. The van der Waals surface area contributed by atoms with Gasteiger partial charge in [0.1, 0.15) is 5.82 Å². The molecule has 0 aliphatic carbocycles. The summed E-state index contributed by atoms with van der Waals surface area (Å²) in [5.41, 5.74) is 1.55. The molecule has 2 rings (SSSR count). The zero-order chi connectivity index (χ0) is 9.59. The topological polar surface area (TPSA) is 15.8 Å². The third-order valence-electron chi connectivity index (χ3n) is 1.97. The summed E-state index contributed by atoms with van der Waals surface area (Å²) in [6.07, 6.45) is 0. The fourth-order valence-electron chi connectivity index (χ4n) is 1.31. The van der Waals surface area contributed by atoms with Gasteiger partial charge in [-0.05, 0) is 19.1 Å². The number of fused-ring (bicyclic) bond motifs is 1. The standard InChI is InChI=1S/C9H6Cl2FN/c1-4-8(10)7-6(13-4)3-2-5(12)9(7)11/h2-3,13H,1H3. The molecule has 68 valence electrons. The van der Waals surface area contributed by atoms with Crippen molar-refractivity contribution in [2.75, 3.05) is 0 Å². The molecule has 2 aromatic rings. The average Bonchev–Trinajstić information content (AvgIpc) is 2.37. The van der Waals surface area contributed by atoms with Crippen molar-refractivity contribution >= 4 is 34.1 Å². The highest BCUT2D eigenvalue weighted by atomic mass is 35.5. The minimum absolute atomic E-state index is 0.0758. The van der Waals surface area contributed by atoms with Crippen LogP contribution in [-0.2, 0) is 0 Å². The number of halogens is 3. The maximum Gasteiger partial charge on any atom is 0.142 e. The van der Waals surface area contributed by atoms with Crippen LogP contribution in [0.3, 0.4) is 0 Å². The molecule has 1 aromatic carbocycles. The van der Waals surface area contributed by atoms with Crippen LogP contribution in [0.4, 0.5) is 4.39 Å². The first-order valence-corrected chi connectivity index (χ1v) is 4.48. The molecule has 0 saturated heterocycles. The van der Waals surface area contributed by atoms with E-state index in [0.717, 1.165) is 11.2 Å². The van der Waals surface area contributed by atoms with Gasteiger partial charge in [0, 0.05) is 16.6 Å². The molecule has 0 spiro atoms. The van der Waals surface area contributed by atoms with E-state index in [-0.39, 0.29) is 5.02 Å². The van der Waals surface area contributed by atoms with Crippen LogP contribution >= 0.6 is 23.2 Å². The molecule has 0 bridgehead atoms. The molecular weight excluding hydrogens is 212 g/mol. The third kappa shape index (κ3) is 1.21. The molecule has 0 unspecified atom stereocenters. The minimum Gasteiger partial charge on any atom is -0.357 e. The first kappa shape index (κ1) is 8.85. The summed E-state index contributed by atoms with van der Waals surface area (Å²) in [5, 5.41) is 1.12. The molecule has 4 heteroatoms. The van der Waals surface area contributed by atoms with Crippen molar-refractivity contribution in [1.29, 1.82) is 0 Å². The number of benzene rings is 1. The molecule has 1 nitrogen and oxygen atoms in total. The highest BCUT2D eigenvalue weighted by Gasteiger charge is 2.12. The lowest BCUT2D eigenvalue weighted by Gasteiger charge is -1.95. The molecule has 0 aliphatic rings. The normalized spacial score (nSPS) is 11.1. The second-order valence-electron chi connectivity index (χ2n) is 2.85. The van der Waals surface area contributed by atoms with Gasteiger partial charge in [0.15, 0.2) is 0 Å². The van der Waals surface area contributed by atoms with Gasteiger partial charge in [0.2, 0.25) is 0 Å². The van der Waals surface area contributed by atoms with Crippen molar-refractivity contribution in [3.05, 3.63) is 33.7 Å². The van der Waals surface area contributed by atoms with Gasteiger partial charge in [-0.15, -0.1) is 0 Å². The van der Waals surface area contributed by atoms with Crippen LogP contribution in [0.15, 0.2) is 12.1 Å². The summed E-state index contributed by atoms with van der Waals surface area (Å²) < 4.78 is 13.0. The summed E-state index contributed by atoms with van der Waals surface area (Å²) in [7, 11) is 0. The summed E-state index contributed by atoms with van der Waals surface area (Å²) in [6.45, 7) is 1.82. The van der Waals surface area contributed by atoms with Crippen LogP contribution in [0.5, 0.6) is 0 Å². The van der Waals surface area contributed by atoms with Gasteiger partial charge in [-0.1, -0.05) is 23.2 Å². The summed E-state index contributed by atoms with van der Waals surface area (Å²) in [4.78, 5) is 3.01. The number of aromatic amines is 1. The van der Waals surface area contributed by atoms with Crippen molar-refractivity contribution < 1.29 is 4.39 Å². The van der Waals surface area contributed by atoms with Gasteiger partial charge < -0.3 is 4.98 Å². The van der Waals surface area contributed by atoms with E-state index in [4.69, 9.17) is 23.2 Å². The summed E-state index contributed by atoms with van der Waals surface area (Å²) in [6, 6.07) is 2.94. The van der Waals surface area contributed by atoms with Gasteiger partial charge in [0.25, 0.3) is 0 Å². The van der Waals surface area contributed by atoms with Crippen LogP contribution in [0.1, 0.15) is 5.69 Å². The Morgan fingerprint density at radius 3 is 2.62 bits per heavy atom. The first-order valence-electron chi connectivity index (χ1n) is 3.73. The number of rotatable bonds is 0. The van der Waals surface area contributed by atoms with E-state index in [0.29, 0.717) is 10.4 Å². The fourth-order valence-corrected chi connectivity index (χ4v) is 1.86. The Kier molecular flexibility index (Phi) is 1.97. The van der Waals surface area contributed by atoms with E-state index >= 15 is 0 Å². The largest absolute Gasteiger partial charge is 0.357 e. The maximum atomic E-state index is 13.0. The first-order chi connectivity index (χ1) is 6.11. The Morgan fingerprint density at radius 1 is 1.23 bits per heavy atom. The second kappa shape index (κ2) is 2.89. The quantitative estimate of drug-likeness (QED) is 0.689. The summed E-state index contributed by atoms with van der Waals surface area (Å²) >= 11 is 11.7. The minimum atomic E-state index is -0.449. The molecular formula is C9H6Cl2FN. The molecule has 0 radical (unpaired) electrons. The highest BCUT2D eigenvalue weighted by Crippen LogP contribution is 2.34. The van der Waals surface area contributed by atoms with E-state index < -0.39 is 5.82 Å². The fraction of sp³-hybridized carbons (Fsp3) is 0.111. The van der Waals surface area contributed by atoms with E-state index in [9.17, 15) is 4.39 Å². The van der Waals surface area contributed by atoms with Crippen LogP contribution < -0.4 is 0 Å². The Morgan fingerprint density at radius 2 is 1.92 bits per heavy atom.